The van der Waals surface area contributed by atoms with Gasteiger partial charge in [-0.2, -0.15) is 0 Å². The number of fused-ring (bicyclic) bond motifs is 1. The van der Waals surface area contributed by atoms with Crippen LogP contribution in [0.15, 0.2) is 60.1 Å². The Bertz CT molecular complexity index is 1020. The molecule has 0 aliphatic carbocycles. The number of rotatable bonds is 5. The van der Waals surface area contributed by atoms with Crippen molar-refractivity contribution in [3.8, 4) is 11.1 Å². The van der Waals surface area contributed by atoms with Crippen molar-refractivity contribution in [3.05, 3.63) is 55.0 Å². The van der Waals surface area contributed by atoms with Crippen molar-refractivity contribution in [1.29, 1.82) is 0 Å². The van der Waals surface area contributed by atoms with Crippen LogP contribution < -0.4 is 10.2 Å². The van der Waals surface area contributed by atoms with Crippen LogP contribution in [0.5, 0.6) is 0 Å². The van der Waals surface area contributed by atoms with Crippen LogP contribution >= 0.6 is 0 Å². The fourth-order valence-electron chi connectivity index (χ4n) is 3.68. The van der Waals surface area contributed by atoms with E-state index in [0.29, 0.717) is 25.3 Å². The van der Waals surface area contributed by atoms with E-state index in [2.05, 4.69) is 43.5 Å². The maximum absolute atomic E-state index is 10.5. The molecule has 0 spiro atoms. The van der Waals surface area contributed by atoms with Gasteiger partial charge in [0.1, 0.15) is 0 Å². The van der Waals surface area contributed by atoms with Crippen LogP contribution in [0.1, 0.15) is 0 Å². The lowest BCUT2D eigenvalue weighted by atomic mass is 10.0. The number of pyridine rings is 2. The molecule has 8 nitrogen and oxygen atoms in total. The van der Waals surface area contributed by atoms with Crippen LogP contribution in [0.3, 0.4) is 0 Å². The van der Waals surface area contributed by atoms with Gasteiger partial charge in [-0.1, -0.05) is 17.3 Å². The SMILES string of the molecule is O=CNC/C(=N/O)N1CCN(c2ccnc3cc(-c4ccncc4)ccc23)CC1. The molecule has 0 unspecified atom stereocenters. The molecule has 1 saturated heterocycles. The van der Waals surface area contributed by atoms with Crippen LogP contribution in [0.25, 0.3) is 22.0 Å². The second-order valence-electron chi connectivity index (χ2n) is 6.79. The second-order valence-corrected chi connectivity index (χ2v) is 6.79. The number of nitrogens with one attached hydrogen (secondary N) is 1. The standard InChI is InChI=1S/C21H22N6O2/c28-15-23-14-21(25-29)27-11-9-26(10-12-27)20-5-8-24-19-13-17(1-2-18(19)20)16-3-6-22-7-4-16/h1-8,13,15,29H,9-12,14H2,(H,23,28)/b25-21-. The summed E-state index contributed by atoms with van der Waals surface area (Å²) in [7, 11) is 0. The van der Waals surface area contributed by atoms with Crippen molar-refractivity contribution in [2.24, 2.45) is 5.16 Å². The number of oxime groups is 1. The van der Waals surface area contributed by atoms with Crippen molar-refractivity contribution in [1.82, 2.24) is 20.2 Å². The monoisotopic (exact) mass is 390 g/mol. The molecule has 29 heavy (non-hydrogen) atoms. The van der Waals surface area contributed by atoms with E-state index in [9.17, 15) is 10.0 Å². The third-order valence-corrected chi connectivity index (χ3v) is 5.18. The van der Waals surface area contributed by atoms with E-state index in [0.717, 1.165) is 40.8 Å². The molecule has 1 aromatic carbocycles. The molecule has 0 radical (unpaired) electrons. The molecule has 2 N–H and O–H groups in total. The number of amidine groups is 1. The molecular weight excluding hydrogens is 368 g/mol. The summed E-state index contributed by atoms with van der Waals surface area (Å²) in [6, 6.07) is 12.4. The Morgan fingerprint density at radius 3 is 2.59 bits per heavy atom. The highest BCUT2D eigenvalue weighted by atomic mass is 16.4. The average molecular weight is 390 g/mol. The first-order valence-electron chi connectivity index (χ1n) is 9.47. The topological polar surface area (TPSA) is 93.9 Å². The van der Waals surface area contributed by atoms with Crippen LogP contribution in [0, 0.1) is 0 Å². The van der Waals surface area contributed by atoms with Gasteiger partial charge in [0.25, 0.3) is 0 Å². The minimum Gasteiger partial charge on any atom is -0.409 e. The maximum atomic E-state index is 10.5. The van der Waals surface area contributed by atoms with E-state index < -0.39 is 0 Å². The molecule has 3 aromatic rings. The fourth-order valence-corrected chi connectivity index (χ4v) is 3.68. The van der Waals surface area contributed by atoms with Gasteiger partial charge in [0.15, 0.2) is 5.84 Å². The van der Waals surface area contributed by atoms with E-state index in [-0.39, 0.29) is 6.54 Å². The third kappa shape index (κ3) is 3.96. The van der Waals surface area contributed by atoms with E-state index >= 15 is 0 Å². The number of benzene rings is 1. The minimum absolute atomic E-state index is 0.218. The van der Waals surface area contributed by atoms with Crippen molar-refractivity contribution >= 4 is 28.8 Å². The van der Waals surface area contributed by atoms with Gasteiger partial charge in [0.05, 0.1) is 12.1 Å². The number of aromatic nitrogens is 2. The summed E-state index contributed by atoms with van der Waals surface area (Å²) >= 11 is 0. The largest absolute Gasteiger partial charge is 0.409 e. The summed E-state index contributed by atoms with van der Waals surface area (Å²) in [6.07, 6.45) is 6.02. The molecule has 0 atom stereocenters. The highest BCUT2D eigenvalue weighted by molar-refractivity contribution is 5.94. The summed E-state index contributed by atoms with van der Waals surface area (Å²) in [5.74, 6) is 0.471. The Balaban J connectivity index is 1.54. The zero-order chi connectivity index (χ0) is 20.1. The first-order valence-corrected chi connectivity index (χ1v) is 9.47. The van der Waals surface area contributed by atoms with Gasteiger partial charge >= 0.3 is 0 Å². The molecule has 0 saturated carbocycles. The van der Waals surface area contributed by atoms with Crippen molar-refractivity contribution in [2.45, 2.75) is 0 Å². The third-order valence-electron chi connectivity index (χ3n) is 5.18. The quantitative estimate of drug-likeness (QED) is 0.227. The Morgan fingerprint density at radius 2 is 1.86 bits per heavy atom. The predicted molar refractivity (Wildman–Crippen MR) is 112 cm³/mol. The van der Waals surface area contributed by atoms with Gasteiger partial charge in [-0.3, -0.25) is 14.8 Å². The van der Waals surface area contributed by atoms with Gasteiger partial charge in [0, 0.05) is 55.8 Å². The Morgan fingerprint density at radius 1 is 1.07 bits per heavy atom. The molecule has 2 aromatic heterocycles. The molecule has 148 valence electrons. The zero-order valence-electron chi connectivity index (χ0n) is 15.9. The first kappa shape index (κ1) is 18.7. The van der Waals surface area contributed by atoms with Crippen LogP contribution in [-0.2, 0) is 4.79 Å². The van der Waals surface area contributed by atoms with Gasteiger partial charge in [-0.05, 0) is 35.4 Å². The van der Waals surface area contributed by atoms with Crippen LogP contribution in [0.2, 0.25) is 0 Å². The molecule has 3 heterocycles. The number of carbonyl (C=O) groups excluding carboxylic acids is 1. The van der Waals surface area contributed by atoms with Gasteiger partial charge in [0.2, 0.25) is 6.41 Å². The zero-order valence-corrected chi connectivity index (χ0v) is 15.9. The van der Waals surface area contributed by atoms with E-state index in [1.807, 2.05) is 29.3 Å². The van der Waals surface area contributed by atoms with Crippen LogP contribution in [0.4, 0.5) is 5.69 Å². The van der Waals surface area contributed by atoms with E-state index in [1.54, 1.807) is 12.4 Å². The lowest BCUT2D eigenvalue weighted by molar-refractivity contribution is -0.109. The lowest BCUT2D eigenvalue weighted by Gasteiger charge is -2.37. The number of nitrogens with zero attached hydrogens (tertiary/aromatic N) is 5. The molecule has 1 aliphatic rings. The molecule has 8 heteroatoms. The molecule has 1 amide bonds. The van der Waals surface area contributed by atoms with Gasteiger partial charge in [-0.15, -0.1) is 0 Å². The number of hydrogen-bond acceptors (Lipinski definition) is 6. The summed E-state index contributed by atoms with van der Waals surface area (Å²) < 4.78 is 0. The molecule has 4 rings (SSSR count). The minimum atomic E-state index is 0.218. The van der Waals surface area contributed by atoms with E-state index in [4.69, 9.17) is 0 Å². The summed E-state index contributed by atoms with van der Waals surface area (Å²) in [5, 5.41) is 16.2. The van der Waals surface area contributed by atoms with Gasteiger partial charge in [-0.25, -0.2) is 0 Å². The number of amides is 1. The summed E-state index contributed by atoms with van der Waals surface area (Å²) in [4.78, 5) is 23.4. The predicted octanol–water partition coefficient (Wildman–Crippen LogP) is 1.95. The number of carbonyl (C=O) groups is 1. The summed E-state index contributed by atoms with van der Waals surface area (Å²) in [5.41, 5.74) is 4.32. The number of piperazine rings is 1. The highest BCUT2D eigenvalue weighted by Crippen LogP contribution is 2.30. The Hall–Kier alpha value is -3.68. The van der Waals surface area contributed by atoms with Crippen molar-refractivity contribution in [3.63, 3.8) is 0 Å². The van der Waals surface area contributed by atoms with Crippen LogP contribution in [-0.4, -0.2) is 65.0 Å². The van der Waals surface area contributed by atoms with Crippen molar-refractivity contribution in [2.75, 3.05) is 37.6 Å². The molecule has 1 aliphatic heterocycles. The lowest BCUT2D eigenvalue weighted by Crippen LogP contribution is -2.51. The molecule has 1 fully saturated rings. The normalized spacial score (nSPS) is 14.8. The number of hydrogen-bond donors (Lipinski definition) is 2. The average Bonchev–Trinajstić information content (AvgIpc) is 2.80. The highest BCUT2D eigenvalue weighted by Gasteiger charge is 2.21. The summed E-state index contributed by atoms with van der Waals surface area (Å²) in [6.45, 7) is 3.20. The van der Waals surface area contributed by atoms with Crippen molar-refractivity contribution < 1.29 is 10.0 Å². The second kappa shape index (κ2) is 8.55. The first-order chi connectivity index (χ1) is 14.3. The molecular formula is C21H22N6O2. The Labute approximate surface area is 168 Å². The number of anilines is 1. The maximum Gasteiger partial charge on any atom is 0.207 e. The van der Waals surface area contributed by atoms with Gasteiger partial charge < -0.3 is 20.3 Å². The fraction of sp³-hybridized carbons (Fsp3) is 0.238. The molecule has 0 bridgehead atoms. The van der Waals surface area contributed by atoms with E-state index in [1.165, 1.54) is 0 Å². The Kier molecular flexibility index (Phi) is 5.51. The smallest absolute Gasteiger partial charge is 0.207 e.